The Morgan fingerprint density at radius 1 is 1.18 bits per heavy atom. The number of methoxy groups -OCH3 is 1. The summed E-state index contributed by atoms with van der Waals surface area (Å²) < 4.78 is 16.5. The normalized spacial score (nSPS) is 17.4. The molecule has 2 aromatic heterocycles. The van der Waals surface area contributed by atoms with Crippen molar-refractivity contribution in [1.82, 2.24) is 19.7 Å². The topological polar surface area (TPSA) is 145 Å². The summed E-state index contributed by atoms with van der Waals surface area (Å²) in [6.45, 7) is 0.187. The number of fused-ring (bicyclic) bond motifs is 1. The molecule has 3 heterocycles. The molecule has 2 atom stereocenters. The number of carbonyl (C=O) groups excluding carboxylic acids is 2. The highest BCUT2D eigenvalue weighted by Gasteiger charge is 2.48. The Morgan fingerprint density at radius 3 is 2.70 bits per heavy atom. The maximum atomic E-state index is 13.0. The quantitative estimate of drug-likeness (QED) is 0.510. The van der Waals surface area contributed by atoms with Crippen LogP contribution in [0, 0.1) is 0 Å². The Bertz CT molecular complexity index is 1170. The number of likely N-dealkylation sites (tertiary alicyclic amines) is 1. The minimum absolute atomic E-state index is 0.0417. The molecule has 0 unspecified atom stereocenters. The lowest BCUT2D eigenvalue weighted by Gasteiger charge is -2.45. The number of amides is 2. The van der Waals surface area contributed by atoms with Gasteiger partial charge in [0.05, 0.1) is 18.3 Å². The van der Waals surface area contributed by atoms with Gasteiger partial charge in [0.1, 0.15) is 36.9 Å². The van der Waals surface area contributed by atoms with E-state index in [2.05, 4.69) is 15.4 Å². The van der Waals surface area contributed by atoms with E-state index in [9.17, 15) is 14.4 Å². The third-order valence-corrected chi connectivity index (χ3v) is 5.03. The van der Waals surface area contributed by atoms with Crippen LogP contribution in [0.25, 0.3) is 11.0 Å². The molecule has 172 valence electrons. The van der Waals surface area contributed by atoms with Gasteiger partial charge in [0.15, 0.2) is 0 Å². The molecule has 1 saturated heterocycles. The fourth-order valence-corrected chi connectivity index (χ4v) is 3.41. The third-order valence-electron chi connectivity index (χ3n) is 5.03. The van der Waals surface area contributed by atoms with Crippen LogP contribution < -0.4 is 5.32 Å². The van der Waals surface area contributed by atoms with Crippen LogP contribution in [0.15, 0.2) is 48.7 Å². The Labute approximate surface area is 187 Å². The fourth-order valence-electron chi connectivity index (χ4n) is 3.41. The van der Waals surface area contributed by atoms with Gasteiger partial charge < -0.3 is 24.6 Å². The fraction of sp³-hybridized carbons (Fsp3) is 0.286. The number of aromatic nitrogens is 3. The van der Waals surface area contributed by atoms with Gasteiger partial charge in [-0.2, -0.15) is 9.78 Å². The van der Waals surface area contributed by atoms with Gasteiger partial charge >= 0.3 is 12.2 Å². The number of nitrogens with one attached hydrogen (secondary N) is 1. The van der Waals surface area contributed by atoms with E-state index in [1.54, 1.807) is 0 Å². The van der Waals surface area contributed by atoms with E-state index in [1.165, 1.54) is 30.3 Å². The van der Waals surface area contributed by atoms with E-state index in [4.69, 9.17) is 19.3 Å². The van der Waals surface area contributed by atoms with E-state index >= 15 is 0 Å². The lowest BCUT2D eigenvalue weighted by molar-refractivity contribution is -0.160. The number of rotatable bonds is 7. The molecule has 0 bridgehead atoms. The van der Waals surface area contributed by atoms with Crippen molar-refractivity contribution in [3.05, 3.63) is 54.2 Å². The number of anilines is 1. The van der Waals surface area contributed by atoms with Crippen LogP contribution >= 0.6 is 0 Å². The summed E-state index contributed by atoms with van der Waals surface area (Å²) in [5.41, 5.74) is 1.38. The van der Waals surface area contributed by atoms with Gasteiger partial charge in [0.25, 0.3) is 5.91 Å². The zero-order valence-electron chi connectivity index (χ0n) is 17.6. The zero-order chi connectivity index (χ0) is 23.4. The Kier molecular flexibility index (Phi) is 6.47. The predicted molar refractivity (Wildman–Crippen MR) is 113 cm³/mol. The minimum Gasteiger partial charge on any atom is -0.463 e. The summed E-state index contributed by atoms with van der Waals surface area (Å²) in [6.07, 6.45) is -1.21. The average Bonchev–Trinajstić information content (AvgIpc) is 3.21. The first-order valence-electron chi connectivity index (χ1n) is 9.94. The summed E-state index contributed by atoms with van der Waals surface area (Å²) in [5.74, 6) is -0.357. The van der Waals surface area contributed by atoms with Crippen molar-refractivity contribution in [2.45, 2.75) is 18.8 Å². The number of hydrogen-bond donors (Lipinski definition) is 2. The van der Waals surface area contributed by atoms with Crippen LogP contribution in [0.4, 0.5) is 15.4 Å². The molecular weight excluding hydrogens is 434 g/mol. The van der Waals surface area contributed by atoms with Crippen LogP contribution in [0.3, 0.4) is 0 Å². The van der Waals surface area contributed by atoms with E-state index < -0.39 is 30.2 Å². The van der Waals surface area contributed by atoms with Gasteiger partial charge in [-0.15, -0.1) is 0 Å². The number of carboxylic acid groups (broad SMARTS) is 1. The molecule has 2 amide bonds. The van der Waals surface area contributed by atoms with E-state index in [1.807, 2.05) is 30.3 Å². The number of carbonyl (C=O) groups is 3. The van der Waals surface area contributed by atoms with Crippen LogP contribution in [0.5, 0.6) is 0 Å². The first kappa shape index (κ1) is 22.2. The molecule has 1 fully saturated rings. The first-order chi connectivity index (χ1) is 16.0. The molecule has 2 N–H and O–H groups in total. The summed E-state index contributed by atoms with van der Waals surface area (Å²) in [4.78, 5) is 42.2. The average molecular weight is 455 g/mol. The van der Waals surface area contributed by atoms with Gasteiger partial charge in [0, 0.05) is 7.11 Å². The highest BCUT2D eigenvalue weighted by atomic mass is 16.7. The number of pyridine rings is 1. The molecule has 0 radical (unpaired) electrons. The smallest absolute Gasteiger partial charge is 0.432 e. The van der Waals surface area contributed by atoms with Crippen molar-refractivity contribution in [2.24, 2.45) is 0 Å². The van der Waals surface area contributed by atoms with Crippen molar-refractivity contribution in [1.29, 1.82) is 0 Å². The molecule has 4 rings (SSSR count). The molecule has 0 saturated carbocycles. The molecule has 1 aliphatic rings. The molecule has 0 aliphatic carbocycles. The van der Waals surface area contributed by atoms with Crippen molar-refractivity contribution in [3.8, 4) is 0 Å². The second-order valence-electron chi connectivity index (χ2n) is 7.18. The summed E-state index contributed by atoms with van der Waals surface area (Å²) in [6, 6.07) is 11.1. The molecule has 0 spiro atoms. The van der Waals surface area contributed by atoms with Gasteiger partial charge in [0.2, 0.25) is 0 Å². The SMILES string of the molecule is COCO[C@@H]1CN(C(=O)OCc2ccccc2)[C@H]1C(=O)Nc1ccc2c(cnn2C(=O)O)n1. The molecule has 1 aromatic carbocycles. The number of nitrogens with zero attached hydrogens (tertiary/aromatic N) is 4. The summed E-state index contributed by atoms with van der Waals surface area (Å²) in [7, 11) is 1.45. The molecule has 3 aromatic rings. The number of benzene rings is 1. The number of ether oxygens (including phenoxy) is 3. The monoisotopic (exact) mass is 455 g/mol. The first-order valence-corrected chi connectivity index (χ1v) is 9.94. The number of hydrogen-bond acceptors (Lipinski definition) is 8. The highest BCUT2D eigenvalue weighted by molar-refractivity contribution is 5.98. The largest absolute Gasteiger partial charge is 0.463 e. The van der Waals surface area contributed by atoms with Crippen LogP contribution in [-0.4, -0.2) is 75.5 Å². The van der Waals surface area contributed by atoms with E-state index in [0.29, 0.717) is 0 Å². The van der Waals surface area contributed by atoms with E-state index in [0.717, 1.165) is 10.2 Å². The lowest BCUT2D eigenvalue weighted by Crippen LogP contribution is -2.67. The Balaban J connectivity index is 1.45. The summed E-state index contributed by atoms with van der Waals surface area (Å²) in [5, 5.41) is 15.5. The van der Waals surface area contributed by atoms with Gasteiger partial charge in [-0.1, -0.05) is 30.3 Å². The Hall–Kier alpha value is -4.03. The van der Waals surface area contributed by atoms with Crippen molar-refractivity contribution >= 4 is 34.9 Å². The second-order valence-corrected chi connectivity index (χ2v) is 7.18. The van der Waals surface area contributed by atoms with Crippen molar-refractivity contribution in [3.63, 3.8) is 0 Å². The maximum absolute atomic E-state index is 13.0. The van der Waals surface area contributed by atoms with Crippen LogP contribution in [-0.2, 0) is 25.6 Å². The summed E-state index contributed by atoms with van der Waals surface area (Å²) >= 11 is 0. The van der Waals surface area contributed by atoms with Crippen LogP contribution in [0.1, 0.15) is 5.56 Å². The molecular formula is C21H21N5O7. The molecule has 1 aliphatic heterocycles. The molecule has 12 heteroatoms. The van der Waals surface area contributed by atoms with Gasteiger partial charge in [-0.3, -0.25) is 9.69 Å². The maximum Gasteiger partial charge on any atom is 0.432 e. The highest BCUT2D eigenvalue weighted by Crippen LogP contribution is 2.25. The van der Waals surface area contributed by atoms with E-state index in [-0.39, 0.29) is 36.8 Å². The van der Waals surface area contributed by atoms with Crippen molar-refractivity contribution in [2.75, 3.05) is 25.8 Å². The third kappa shape index (κ3) is 4.76. The standard InChI is InChI=1S/C21H21N5O7/c1-31-12-33-16-10-25(21(30)32-11-13-5-3-2-4-6-13)18(16)19(27)24-17-8-7-15-14(23-17)9-22-26(15)20(28)29/h2-9,16,18H,10-12H2,1H3,(H,28,29)(H,23,24,27)/t16-,18-/m1/s1. The van der Waals surface area contributed by atoms with Gasteiger partial charge in [-0.25, -0.2) is 14.6 Å². The van der Waals surface area contributed by atoms with Crippen LogP contribution in [0.2, 0.25) is 0 Å². The second kappa shape index (κ2) is 9.63. The zero-order valence-corrected chi connectivity index (χ0v) is 17.6. The molecule has 12 nitrogen and oxygen atoms in total. The minimum atomic E-state index is -1.25. The lowest BCUT2D eigenvalue weighted by atomic mass is 9.99. The van der Waals surface area contributed by atoms with Crippen molar-refractivity contribution < 1.29 is 33.7 Å². The van der Waals surface area contributed by atoms with Gasteiger partial charge in [-0.05, 0) is 17.7 Å². The Morgan fingerprint density at radius 2 is 1.97 bits per heavy atom. The molecule has 33 heavy (non-hydrogen) atoms. The predicted octanol–water partition coefficient (Wildman–Crippen LogP) is 1.91.